The number of nitrogens with two attached hydrogens (primary N) is 1. The Labute approximate surface area is 134 Å². The van der Waals surface area contributed by atoms with Gasteiger partial charge in [0.2, 0.25) is 0 Å². The zero-order valence-electron chi connectivity index (χ0n) is 12.0. The van der Waals surface area contributed by atoms with Crippen LogP contribution >= 0.6 is 12.4 Å². The van der Waals surface area contributed by atoms with Gasteiger partial charge in [0.15, 0.2) is 11.6 Å². The van der Waals surface area contributed by atoms with Crippen LogP contribution in [0.3, 0.4) is 0 Å². The predicted molar refractivity (Wildman–Crippen MR) is 86.2 cm³/mol. The lowest BCUT2D eigenvalue weighted by Gasteiger charge is -2.30. The third-order valence-corrected chi connectivity index (χ3v) is 3.58. The van der Waals surface area contributed by atoms with E-state index in [1.54, 1.807) is 19.1 Å². The number of fused-ring (bicyclic) bond motifs is 1. The average Bonchev–Trinajstić information content (AvgIpc) is 2.48. The van der Waals surface area contributed by atoms with Crippen molar-refractivity contribution >= 4 is 18.2 Å². The molecule has 1 heterocycles. The lowest BCUT2D eigenvalue weighted by molar-refractivity contribution is 0.194. The van der Waals surface area contributed by atoms with Gasteiger partial charge >= 0.3 is 0 Å². The number of rotatable bonds is 2. The fraction of sp³-hybridized carbons (Fsp3) is 0.176. The minimum Gasteiger partial charge on any atom is -0.453 e. The Morgan fingerprint density at radius 1 is 1.14 bits per heavy atom. The van der Waals surface area contributed by atoms with E-state index in [0.717, 1.165) is 5.56 Å². The van der Waals surface area contributed by atoms with Gasteiger partial charge in [0.05, 0.1) is 0 Å². The van der Waals surface area contributed by atoms with Crippen LogP contribution in [-0.4, -0.2) is 11.1 Å². The minimum atomic E-state index is -0.973. The summed E-state index contributed by atoms with van der Waals surface area (Å²) in [5.74, 6) is -0.00680. The van der Waals surface area contributed by atoms with Crippen LogP contribution in [0, 0.1) is 5.82 Å². The van der Waals surface area contributed by atoms with Gasteiger partial charge in [-0.2, -0.15) is 0 Å². The first-order valence-electron chi connectivity index (χ1n) is 6.79. The zero-order valence-corrected chi connectivity index (χ0v) is 12.8. The molecule has 3 N–H and O–H groups in total. The quantitative estimate of drug-likeness (QED) is 0.891. The van der Waals surface area contributed by atoms with Crippen LogP contribution in [0.2, 0.25) is 0 Å². The number of benzene rings is 2. The molecule has 1 aliphatic rings. The highest BCUT2D eigenvalue weighted by atomic mass is 35.5. The van der Waals surface area contributed by atoms with E-state index in [1.165, 1.54) is 6.07 Å². The second-order valence-electron chi connectivity index (χ2n) is 5.10. The summed E-state index contributed by atoms with van der Waals surface area (Å²) in [5, 5.41) is 10.6. The molecule has 0 spiro atoms. The Morgan fingerprint density at radius 2 is 1.82 bits per heavy atom. The van der Waals surface area contributed by atoms with Gasteiger partial charge in [0, 0.05) is 22.7 Å². The molecule has 2 atom stereocenters. The molecule has 0 saturated heterocycles. The van der Waals surface area contributed by atoms with E-state index < -0.39 is 18.0 Å². The Hall–Kier alpha value is -1.88. The fourth-order valence-corrected chi connectivity index (χ4v) is 2.57. The van der Waals surface area contributed by atoms with E-state index in [9.17, 15) is 9.50 Å². The van der Waals surface area contributed by atoms with Gasteiger partial charge in [-0.15, -0.1) is 12.4 Å². The second kappa shape index (κ2) is 6.48. The van der Waals surface area contributed by atoms with Crippen LogP contribution in [0.4, 0.5) is 4.39 Å². The molecule has 2 aromatic carbocycles. The monoisotopic (exact) mass is 321 g/mol. The molecule has 0 aliphatic carbocycles. The van der Waals surface area contributed by atoms with Crippen molar-refractivity contribution in [2.45, 2.75) is 19.1 Å². The van der Waals surface area contributed by atoms with Crippen molar-refractivity contribution < 1.29 is 14.2 Å². The van der Waals surface area contributed by atoms with E-state index in [2.05, 4.69) is 0 Å². The van der Waals surface area contributed by atoms with Gasteiger partial charge in [0.1, 0.15) is 11.9 Å². The molecule has 0 fully saturated rings. The summed E-state index contributed by atoms with van der Waals surface area (Å²) in [7, 11) is 0. The number of aliphatic hydroxyl groups excluding tert-OH is 1. The van der Waals surface area contributed by atoms with Gasteiger partial charge in [0.25, 0.3) is 0 Å². The lowest BCUT2D eigenvalue weighted by Crippen LogP contribution is -2.28. The Morgan fingerprint density at radius 3 is 2.45 bits per heavy atom. The second-order valence-corrected chi connectivity index (χ2v) is 5.10. The zero-order chi connectivity index (χ0) is 15.0. The maximum absolute atomic E-state index is 14.0. The van der Waals surface area contributed by atoms with Gasteiger partial charge in [-0.3, -0.25) is 0 Å². The van der Waals surface area contributed by atoms with Crippen molar-refractivity contribution in [2.75, 3.05) is 0 Å². The van der Waals surface area contributed by atoms with Crippen LogP contribution in [0.25, 0.3) is 5.76 Å². The molecule has 3 nitrogen and oxygen atoms in total. The van der Waals surface area contributed by atoms with E-state index in [1.807, 2.05) is 30.3 Å². The largest absolute Gasteiger partial charge is 0.453 e. The highest BCUT2D eigenvalue weighted by molar-refractivity contribution is 5.85. The molecule has 0 radical (unpaired) electrons. The number of ether oxygens (including phenoxy) is 1. The first-order chi connectivity index (χ1) is 10.1. The smallest absolute Gasteiger partial charge is 0.169 e. The number of hydrogen-bond acceptors (Lipinski definition) is 3. The van der Waals surface area contributed by atoms with E-state index in [4.69, 9.17) is 10.5 Å². The van der Waals surface area contributed by atoms with Crippen molar-refractivity contribution in [3.63, 3.8) is 0 Å². The van der Waals surface area contributed by atoms with E-state index >= 15 is 0 Å². The van der Waals surface area contributed by atoms with Gasteiger partial charge < -0.3 is 15.6 Å². The van der Waals surface area contributed by atoms with Crippen molar-refractivity contribution in [3.8, 4) is 5.75 Å². The van der Waals surface area contributed by atoms with Gasteiger partial charge in [-0.25, -0.2) is 4.39 Å². The summed E-state index contributed by atoms with van der Waals surface area (Å²) in [6, 6.07) is 13.4. The topological polar surface area (TPSA) is 55.5 Å². The molecule has 2 aromatic rings. The minimum absolute atomic E-state index is 0. The fourth-order valence-electron chi connectivity index (χ4n) is 2.57. The Kier molecular flexibility index (Phi) is 4.86. The summed E-state index contributed by atoms with van der Waals surface area (Å²) in [6.07, 6.45) is -0.973. The molecule has 0 amide bonds. The predicted octanol–water partition coefficient (Wildman–Crippen LogP) is 3.43. The molecule has 5 heteroatoms. The molecular weight excluding hydrogens is 305 g/mol. The SMILES string of the molecule is CC(N)C1=C(c2ccccc2)Oc2c(F)cccc2C1O.Cl. The molecule has 2 unspecified atom stereocenters. The lowest BCUT2D eigenvalue weighted by atomic mass is 9.90. The normalized spacial score (nSPS) is 18.1. The average molecular weight is 322 g/mol. The third kappa shape index (κ3) is 2.73. The van der Waals surface area contributed by atoms with Crippen molar-refractivity contribution in [1.82, 2.24) is 0 Å². The molecule has 1 aliphatic heterocycles. The van der Waals surface area contributed by atoms with Crippen LogP contribution in [0.15, 0.2) is 54.1 Å². The highest BCUT2D eigenvalue weighted by Crippen LogP contribution is 2.42. The summed E-state index contributed by atoms with van der Waals surface area (Å²) in [6.45, 7) is 1.77. The number of hydrogen-bond donors (Lipinski definition) is 2. The summed E-state index contributed by atoms with van der Waals surface area (Å²) >= 11 is 0. The molecular formula is C17H17ClFNO2. The van der Waals surface area contributed by atoms with Gasteiger partial charge in [-0.1, -0.05) is 42.5 Å². The first-order valence-corrected chi connectivity index (χ1v) is 6.79. The summed E-state index contributed by atoms with van der Waals surface area (Å²) in [4.78, 5) is 0. The molecule has 0 bridgehead atoms. The number of halogens is 2. The van der Waals surface area contributed by atoms with Crippen molar-refractivity contribution in [1.29, 1.82) is 0 Å². The standard InChI is InChI=1S/C17H16FNO2.ClH/c1-10(19)14-15(20)12-8-5-9-13(18)17(12)21-16(14)11-6-3-2-4-7-11;/h2-10,15,20H,19H2,1H3;1H. The van der Waals surface area contributed by atoms with Crippen LogP contribution < -0.4 is 10.5 Å². The summed E-state index contributed by atoms with van der Waals surface area (Å²) < 4.78 is 19.7. The Bertz CT molecular complexity index is 701. The highest BCUT2D eigenvalue weighted by Gasteiger charge is 2.32. The molecule has 116 valence electrons. The van der Waals surface area contributed by atoms with E-state index in [0.29, 0.717) is 16.9 Å². The maximum Gasteiger partial charge on any atom is 0.169 e. The molecule has 0 aromatic heterocycles. The van der Waals surface area contributed by atoms with Gasteiger partial charge in [-0.05, 0) is 13.0 Å². The number of para-hydroxylation sites is 1. The number of aliphatic hydroxyl groups is 1. The Balaban J connectivity index is 0.00000176. The molecule has 22 heavy (non-hydrogen) atoms. The first kappa shape index (κ1) is 16.5. The van der Waals surface area contributed by atoms with E-state index in [-0.39, 0.29) is 18.2 Å². The maximum atomic E-state index is 14.0. The third-order valence-electron chi connectivity index (χ3n) is 3.58. The summed E-state index contributed by atoms with van der Waals surface area (Å²) in [5.41, 5.74) is 7.71. The molecule has 3 rings (SSSR count). The van der Waals surface area contributed by atoms with Crippen molar-refractivity contribution in [2.24, 2.45) is 5.73 Å². The van der Waals surface area contributed by atoms with Crippen LogP contribution in [-0.2, 0) is 0 Å². The van der Waals surface area contributed by atoms with Crippen molar-refractivity contribution in [3.05, 3.63) is 71.0 Å². The van der Waals surface area contributed by atoms with Crippen LogP contribution in [0.5, 0.6) is 5.75 Å². The van der Waals surface area contributed by atoms with Crippen LogP contribution in [0.1, 0.15) is 24.2 Å². The molecule has 0 saturated carbocycles.